The lowest BCUT2D eigenvalue weighted by atomic mass is 10.2. The summed E-state index contributed by atoms with van der Waals surface area (Å²) in [4.78, 5) is 22.4. The Morgan fingerprint density at radius 3 is 2.70 bits per heavy atom. The number of nitrogens with zero attached hydrogens (tertiary/aromatic N) is 3. The molecule has 4 rings (SSSR count). The standard InChI is InChI=1S/C21H19N5O2S2/c1-13-22-15(11-29-13)12-30-16-9-7-14(8-10-16)20(27)24-21-23-19(25-26-21)17-5-3-4-6-18(17)28-2/h3-11H,12H2,1-2H3,(H2,23,24,25,26,27). The summed E-state index contributed by atoms with van der Waals surface area (Å²) in [6.07, 6.45) is 0. The molecule has 0 aliphatic rings. The minimum atomic E-state index is -0.271. The summed E-state index contributed by atoms with van der Waals surface area (Å²) in [6, 6.07) is 14.9. The Hall–Kier alpha value is -3.17. The summed E-state index contributed by atoms with van der Waals surface area (Å²) >= 11 is 3.34. The van der Waals surface area contributed by atoms with E-state index < -0.39 is 0 Å². The second-order valence-electron chi connectivity index (χ2n) is 6.33. The zero-order valence-electron chi connectivity index (χ0n) is 16.4. The SMILES string of the molecule is COc1ccccc1-c1nc(NC(=O)c2ccc(SCc3csc(C)n3)cc2)n[nH]1. The Bertz CT molecular complexity index is 1150. The number of thiazole rings is 1. The third-order valence-corrected chi connectivity index (χ3v) is 6.11. The highest BCUT2D eigenvalue weighted by molar-refractivity contribution is 7.98. The molecule has 0 radical (unpaired) electrons. The van der Waals surface area contributed by atoms with Gasteiger partial charge < -0.3 is 4.74 Å². The van der Waals surface area contributed by atoms with Crippen molar-refractivity contribution in [2.45, 2.75) is 17.6 Å². The van der Waals surface area contributed by atoms with E-state index >= 15 is 0 Å². The molecule has 0 saturated carbocycles. The molecule has 0 aliphatic heterocycles. The number of ether oxygens (including phenoxy) is 1. The third kappa shape index (κ3) is 4.69. The van der Waals surface area contributed by atoms with Gasteiger partial charge in [0.25, 0.3) is 5.91 Å². The van der Waals surface area contributed by atoms with Crippen LogP contribution in [0.25, 0.3) is 11.4 Å². The first-order valence-electron chi connectivity index (χ1n) is 9.13. The Kier molecular flexibility index (Phi) is 6.10. The predicted octanol–water partition coefficient (Wildman–Crippen LogP) is 4.79. The summed E-state index contributed by atoms with van der Waals surface area (Å²) < 4.78 is 5.34. The number of carbonyl (C=O) groups excluding carboxylic acids is 1. The fourth-order valence-corrected chi connectivity index (χ4v) is 4.30. The second kappa shape index (κ2) is 9.10. The van der Waals surface area contributed by atoms with Crippen molar-refractivity contribution in [3.05, 3.63) is 70.2 Å². The smallest absolute Gasteiger partial charge is 0.258 e. The number of aromatic amines is 1. The predicted molar refractivity (Wildman–Crippen MR) is 119 cm³/mol. The maximum Gasteiger partial charge on any atom is 0.258 e. The maximum absolute atomic E-state index is 12.5. The largest absolute Gasteiger partial charge is 0.496 e. The Morgan fingerprint density at radius 2 is 1.97 bits per heavy atom. The highest BCUT2D eigenvalue weighted by Crippen LogP contribution is 2.27. The van der Waals surface area contributed by atoms with Crippen LogP contribution in [0, 0.1) is 6.92 Å². The van der Waals surface area contributed by atoms with Gasteiger partial charge >= 0.3 is 0 Å². The number of anilines is 1. The molecule has 0 bridgehead atoms. The number of nitrogens with one attached hydrogen (secondary N) is 2. The van der Waals surface area contributed by atoms with Gasteiger partial charge in [-0.3, -0.25) is 15.2 Å². The van der Waals surface area contributed by atoms with Crippen molar-refractivity contribution in [3.63, 3.8) is 0 Å². The van der Waals surface area contributed by atoms with Gasteiger partial charge in [0.05, 0.1) is 23.4 Å². The molecule has 9 heteroatoms. The lowest BCUT2D eigenvalue weighted by Gasteiger charge is -2.04. The molecule has 1 amide bonds. The van der Waals surface area contributed by atoms with Crippen LogP contribution in [0.3, 0.4) is 0 Å². The van der Waals surface area contributed by atoms with Crippen LogP contribution in [0.2, 0.25) is 0 Å². The molecule has 0 atom stereocenters. The number of amides is 1. The molecule has 2 aromatic carbocycles. The average Bonchev–Trinajstić information content (AvgIpc) is 3.41. The monoisotopic (exact) mass is 437 g/mol. The topological polar surface area (TPSA) is 92.8 Å². The normalized spacial score (nSPS) is 10.7. The number of H-pyrrole nitrogens is 1. The van der Waals surface area contributed by atoms with Crippen LogP contribution < -0.4 is 10.1 Å². The summed E-state index contributed by atoms with van der Waals surface area (Å²) in [6.45, 7) is 2.00. The molecule has 7 nitrogen and oxygen atoms in total. The quantitative estimate of drug-likeness (QED) is 0.404. The number of hydrogen-bond acceptors (Lipinski definition) is 7. The summed E-state index contributed by atoms with van der Waals surface area (Å²) in [7, 11) is 1.59. The van der Waals surface area contributed by atoms with E-state index in [4.69, 9.17) is 4.74 Å². The van der Waals surface area contributed by atoms with Crippen molar-refractivity contribution in [3.8, 4) is 17.1 Å². The van der Waals surface area contributed by atoms with Crippen LogP contribution in [-0.2, 0) is 5.75 Å². The number of methoxy groups -OCH3 is 1. The van der Waals surface area contributed by atoms with Gasteiger partial charge in [0, 0.05) is 21.6 Å². The minimum absolute atomic E-state index is 0.207. The van der Waals surface area contributed by atoms with Crippen molar-refractivity contribution in [2.75, 3.05) is 12.4 Å². The number of aryl methyl sites for hydroxylation is 1. The molecule has 152 valence electrons. The molecule has 2 heterocycles. The van der Waals surface area contributed by atoms with Crippen molar-refractivity contribution in [2.24, 2.45) is 0 Å². The zero-order chi connectivity index (χ0) is 20.9. The van der Waals surface area contributed by atoms with E-state index in [-0.39, 0.29) is 11.9 Å². The van der Waals surface area contributed by atoms with Crippen LogP contribution in [0.5, 0.6) is 5.75 Å². The van der Waals surface area contributed by atoms with Crippen molar-refractivity contribution < 1.29 is 9.53 Å². The zero-order valence-corrected chi connectivity index (χ0v) is 18.0. The summed E-state index contributed by atoms with van der Waals surface area (Å²) in [5.74, 6) is 1.93. The second-order valence-corrected chi connectivity index (χ2v) is 8.44. The first kappa shape index (κ1) is 20.1. The molecule has 2 N–H and O–H groups in total. The molecule has 0 spiro atoms. The van der Waals surface area contributed by atoms with Crippen LogP contribution in [0.15, 0.2) is 58.8 Å². The van der Waals surface area contributed by atoms with Gasteiger partial charge in [-0.15, -0.1) is 28.2 Å². The van der Waals surface area contributed by atoms with Gasteiger partial charge in [0.1, 0.15) is 5.75 Å². The number of para-hydroxylation sites is 1. The van der Waals surface area contributed by atoms with Gasteiger partial charge in [-0.1, -0.05) is 12.1 Å². The fraction of sp³-hybridized carbons (Fsp3) is 0.143. The number of carbonyl (C=O) groups is 1. The van der Waals surface area contributed by atoms with Crippen LogP contribution in [0.4, 0.5) is 5.95 Å². The Balaban J connectivity index is 1.39. The number of benzene rings is 2. The Morgan fingerprint density at radius 1 is 1.17 bits per heavy atom. The molecule has 4 aromatic rings. The Labute approximate surface area is 181 Å². The maximum atomic E-state index is 12.5. The first-order chi connectivity index (χ1) is 14.6. The van der Waals surface area contributed by atoms with Crippen LogP contribution in [-0.4, -0.2) is 33.2 Å². The van der Waals surface area contributed by atoms with Crippen LogP contribution in [0.1, 0.15) is 21.1 Å². The molecule has 0 fully saturated rings. The summed E-state index contributed by atoms with van der Waals surface area (Å²) in [5.41, 5.74) is 2.37. The van der Waals surface area contributed by atoms with E-state index in [2.05, 4.69) is 30.9 Å². The fourth-order valence-electron chi connectivity index (χ4n) is 2.79. The van der Waals surface area contributed by atoms with E-state index in [0.29, 0.717) is 17.1 Å². The molecule has 0 aliphatic carbocycles. The van der Waals surface area contributed by atoms with Crippen molar-refractivity contribution >= 4 is 35.0 Å². The van der Waals surface area contributed by atoms with Gasteiger partial charge in [-0.25, -0.2) is 4.98 Å². The van der Waals surface area contributed by atoms with E-state index in [1.54, 1.807) is 42.3 Å². The molecule has 0 saturated heterocycles. The average molecular weight is 438 g/mol. The number of aromatic nitrogens is 4. The van der Waals surface area contributed by atoms with Crippen molar-refractivity contribution in [1.29, 1.82) is 0 Å². The van der Waals surface area contributed by atoms with E-state index in [9.17, 15) is 4.79 Å². The lowest BCUT2D eigenvalue weighted by Crippen LogP contribution is -2.12. The molecular formula is C21H19N5O2S2. The van der Waals surface area contributed by atoms with Gasteiger partial charge in [0.2, 0.25) is 5.95 Å². The third-order valence-electron chi connectivity index (χ3n) is 4.24. The number of thioether (sulfide) groups is 1. The first-order valence-corrected chi connectivity index (χ1v) is 11.0. The van der Waals surface area contributed by atoms with E-state index in [0.717, 1.165) is 26.9 Å². The highest BCUT2D eigenvalue weighted by Gasteiger charge is 2.13. The van der Waals surface area contributed by atoms with E-state index in [1.807, 2.05) is 43.3 Å². The van der Waals surface area contributed by atoms with Crippen molar-refractivity contribution in [1.82, 2.24) is 20.2 Å². The highest BCUT2D eigenvalue weighted by atomic mass is 32.2. The minimum Gasteiger partial charge on any atom is -0.496 e. The number of hydrogen-bond donors (Lipinski definition) is 2. The van der Waals surface area contributed by atoms with Crippen LogP contribution >= 0.6 is 23.1 Å². The summed E-state index contributed by atoms with van der Waals surface area (Å²) in [5, 5.41) is 12.8. The molecular weight excluding hydrogens is 418 g/mol. The van der Waals surface area contributed by atoms with Gasteiger partial charge in [-0.2, -0.15) is 4.98 Å². The van der Waals surface area contributed by atoms with Gasteiger partial charge in [0.15, 0.2) is 5.82 Å². The molecule has 2 aromatic heterocycles. The molecule has 30 heavy (non-hydrogen) atoms. The lowest BCUT2D eigenvalue weighted by molar-refractivity contribution is 0.102. The van der Waals surface area contributed by atoms with Gasteiger partial charge in [-0.05, 0) is 43.3 Å². The number of rotatable bonds is 7. The molecule has 0 unspecified atom stereocenters. The van der Waals surface area contributed by atoms with E-state index in [1.165, 1.54) is 0 Å².